The highest BCUT2D eigenvalue weighted by Gasteiger charge is 2.25. The van der Waals surface area contributed by atoms with Gasteiger partial charge in [-0.3, -0.25) is 0 Å². The quantitative estimate of drug-likeness (QED) is 0.640. The van der Waals surface area contributed by atoms with Crippen LogP contribution in [0, 0.1) is 3.57 Å². The van der Waals surface area contributed by atoms with Crippen molar-refractivity contribution in [3.63, 3.8) is 0 Å². The van der Waals surface area contributed by atoms with Gasteiger partial charge in [0.25, 0.3) is 16.4 Å². The van der Waals surface area contributed by atoms with Gasteiger partial charge in [-0.15, -0.1) is 0 Å². The van der Waals surface area contributed by atoms with Crippen molar-refractivity contribution in [2.75, 3.05) is 0 Å². The summed E-state index contributed by atoms with van der Waals surface area (Å²) in [5.74, 6) is 0. The zero-order valence-electron chi connectivity index (χ0n) is 6.92. The van der Waals surface area contributed by atoms with Gasteiger partial charge in [0.2, 0.25) is 0 Å². The maximum Gasteiger partial charge on any atom is 0.267 e. The Bertz CT molecular complexity index is 494. The number of hydrogen-bond donors (Lipinski definition) is 1. The lowest BCUT2D eigenvalue weighted by Crippen LogP contribution is -2.17. The maximum absolute atomic E-state index is 12.5. The molecule has 84 valence electrons. The summed E-state index contributed by atoms with van der Waals surface area (Å²) < 4.78 is 47.1. The summed E-state index contributed by atoms with van der Waals surface area (Å²) in [5, 5.41) is 3.67. The number of pyridine rings is 1. The molecule has 0 saturated carbocycles. The summed E-state index contributed by atoms with van der Waals surface area (Å²) >= 11 is 6.99. The van der Waals surface area contributed by atoms with E-state index in [1.54, 1.807) is 22.6 Å². The number of hydrogen-bond acceptors (Lipinski definition) is 3. The van der Waals surface area contributed by atoms with Crippen molar-refractivity contribution in [2.45, 2.75) is 11.5 Å². The first-order chi connectivity index (χ1) is 6.73. The topological polar surface area (TPSA) is 73.1 Å². The fourth-order valence-electron chi connectivity index (χ4n) is 0.888. The first-order valence-electron chi connectivity index (χ1n) is 3.40. The Kier molecular flexibility index (Phi) is 3.85. The number of nitrogens with zero attached hydrogens (tertiary/aromatic N) is 1. The van der Waals surface area contributed by atoms with E-state index in [0.29, 0.717) is 0 Å². The Morgan fingerprint density at radius 1 is 1.53 bits per heavy atom. The number of halogens is 4. The lowest BCUT2D eigenvalue weighted by atomic mass is 10.3. The molecule has 0 aliphatic heterocycles. The zero-order valence-corrected chi connectivity index (χ0v) is 10.6. The van der Waals surface area contributed by atoms with E-state index < -0.39 is 27.0 Å². The molecule has 0 radical (unpaired) electrons. The van der Waals surface area contributed by atoms with Gasteiger partial charge in [0.05, 0.1) is 5.56 Å². The highest BCUT2D eigenvalue weighted by atomic mass is 127. The highest BCUT2D eigenvalue weighted by Crippen LogP contribution is 2.30. The number of alkyl halides is 2. The zero-order chi connectivity index (χ0) is 11.8. The number of aromatic nitrogens is 1. The molecule has 4 nitrogen and oxygen atoms in total. The fraction of sp³-hybridized carbons (Fsp3) is 0.167. The van der Waals surface area contributed by atoms with E-state index >= 15 is 0 Å². The van der Waals surface area contributed by atoms with Gasteiger partial charge >= 0.3 is 0 Å². The molecule has 0 amide bonds. The van der Waals surface area contributed by atoms with Crippen LogP contribution in [0.5, 0.6) is 0 Å². The molecule has 0 aliphatic rings. The molecule has 0 aliphatic carbocycles. The van der Waals surface area contributed by atoms with Gasteiger partial charge in [-0.05, 0) is 28.7 Å². The smallest absolute Gasteiger partial charge is 0.223 e. The van der Waals surface area contributed by atoms with Crippen LogP contribution in [0.4, 0.5) is 8.78 Å². The summed E-state index contributed by atoms with van der Waals surface area (Å²) in [6, 6.07) is 1.14. The van der Waals surface area contributed by atoms with Crippen molar-refractivity contribution in [2.24, 2.45) is 5.14 Å². The van der Waals surface area contributed by atoms with Crippen molar-refractivity contribution < 1.29 is 17.2 Å². The predicted molar refractivity (Wildman–Crippen MR) is 58.3 cm³/mol. The van der Waals surface area contributed by atoms with Crippen molar-refractivity contribution in [1.29, 1.82) is 0 Å². The highest BCUT2D eigenvalue weighted by molar-refractivity contribution is 14.1. The van der Waals surface area contributed by atoms with Gasteiger partial charge in [0, 0.05) is 3.57 Å². The summed E-state index contributed by atoms with van der Waals surface area (Å²) in [7, 11) is -4.30. The lowest BCUT2D eigenvalue weighted by molar-refractivity contribution is 0.146. The van der Waals surface area contributed by atoms with E-state index in [0.717, 1.165) is 6.07 Å². The van der Waals surface area contributed by atoms with Crippen LogP contribution >= 0.6 is 34.2 Å². The molecule has 0 spiro atoms. The first kappa shape index (κ1) is 13.0. The normalized spacial score (nSPS) is 12.1. The molecule has 0 fully saturated rings. The largest absolute Gasteiger partial charge is 0.267 e. The molecule has 0 atom stereocenters. The molecule has 1 rings (SSSR count). The van der Waals surface area contributed by atoms with Crippen LogP contribution in [0.25, 0.3) is 0 Å². The molecule has 0 unspecified atom stereocenters. The van der Waals surface area contributed by atoms with E-state index in [2.05, 4.69) is 4.98 Å². The van der Waals surface area contributed by atoms with Crippen LogP contribution < -0.4 is 5.14 Å². The fourth-order valence-corrected chi connectivity index (χ4v) is 3.02. The molecule has 0 bridgehead atoms. The summed E-state index contributed by atoms with van der Waals surface area (Å²) in [5.41, 5.74) is -0.720. The molecule has 1 aromatic heterocycles. The van der Waals surface area contributed by atoms with E-state index in [-0.39, 0.29) is 8.72 Å². The van der Waals surface area contributed by atoms with Gasteiger partial charge < -0.3 is 0 Å². The van der Waals surface area contributed by atoms with E-state index in [4.69, 9.17) is 16.7 Å². The number of primary sulfonamides is 1. The summed E-state index contributed by atoms with van der Waals surface area (Å²) in [4.78, 5) is 3.29. The van der Waals surface area contributed by atoms with Crippen molar-refractivity contribution in [3.8, 4) is 0 Å². The number of rotatable bonds is 2. The molecule has 0 aromatic carbocycles. The average molecular weight is 369 g/mol. The third-order valence-corrected chi connectivity index (χ3v) is 3.37. The summed E-state index contributed by atoms with van der Waals surface area (Å²) in [6.45, 7) is 0. The average Bonchev–Trinajstić information content (AvgIpc) is 1.99. The van der Waals surface area contributed by atoms with Gasteiger partial charge in [0.15, 0.2) is 5.03 Å². The minimum Gasteiger partial charge on any atom is -0.223 e. The Morgan fingerprint density at radius 2 is 2.07 bits per heavy atom. The second-order valence-electron chi connectivity index (χ2n) is 2.49. The van der Waals surface area contributed by atoms with Crippen molar-refractivity contribution >= 4 is 44.2 Å². The lowest BCUT2D eigenvalue weighted by Gasteiger charge is -2.08. The predicted octanol–water partition coefficient (Wildman–Crippen LogP) is 1.92. The third kappa shape index (κ3) is 2.95. The SMILES string of the molecule is NS(=O)(=O)c1nc(Cl)cc(I)c1C(F)F. The van der Waals surface area contributed by atoms with Crippen molar-refractivity contribution in [1.82, 2.24) is 4.98 Å². The minimum absolute atomic E-state index is 0.00613. The molecule has 1 heterocycles. The molecular weight excluding hydrogens is 364 g/mol. The molecular formula is C6H4ClF2IN2O2S. The summed E-state index contributed by atoms with van der Waals surface area (Å²) in [6.07, 6.45) is -2.98. The van der Waals surface area contributed by atoms with Crippen LogP contribution in [-0.4, -0.2) is 13.4 Å². The van der Waals surface area contributed by atoms with Gasteiger partial charge in [-0.25, -0.2) is 27.3 Å². The van der Waals surface area contributed by atoms with Crippen LogP contribution in [0.2, 0.25) is 5.15 Å². The van der Waals surface area contributed by atoms with Gasteiger partial charge in [-0.2, -0.15) is 0 Å². The molecule has 15 heavy (non-hydrogen) atoms. The Morgan fingerprint density at radius 3 is 2.47 bits per heavy atom. The van der Waals surface area contributed by atoms with E-state index in [1.165, 1.54) is 0 Å². The second-order valence-corrected chi connectivity index (χ2v) is 5.52. The molecule has 1 aromatic rings. The number of nitrogens with two attached hydrogens (primary N) is 1. The molecule has 9 heteroatoms. The Hall–Kier alpha value is -0.0600. The standard InChI is InChI=1S/C6H4ClF2IN2O2S/c7-3-1-2(10)4(5(8)9)6(12-3)15(11,13)14/h1,5H,(H2,11,13,14). The first-order valence-corrected chi connectivity index (χ1v) is 6.40. The second kappa shape index (κ2) is 4.44. The maximum atomic E-state index is 12.5. The van der Waals surface area contributed by atoms with Crippen LogP contribution in [0.15, 0.2) is 11.1 Å². The molecule has 0 saturated heterocycles. The van der Waals surface area contributed by atoms with Gasteiger partial charge in [-0.1, -0.05) is 11.6 Å². The minimum atomic E-state index is -4.30. The third-order valence-electron chi connectivity index (χ3n) is 1.43. The van der Waals surface area contributed by atoms with Crippen LogP contribution in [0.3, 0.4) is 0 Å². The molecule has 2 N–H and O–H groups in total. The number of sulfonamides is 1. The Balaban J connectivity index is 3.62. The van der Waals surface area contributed by atoms with E-state index in [9.17, 15) is 17.2 Å². The Labute approximate surface area is 103 Å². The van der Waals surface area contributed by atoms with Crippen LogP contribution in [0.1, 0.15) is 12.0 Å². The van der Waals surface area contributed by atoms with E-state index in [1.807, 2.05) is 0 Å². The van der Waals surface area contributed by atoms with Crippen molar-refractivity contribution in [3.05, 3.63) is 20.4 Å². The van der Waals surface area contributed by atoms with Crippen LogP contribution in [-0.2, 0) is 10.0 Å². The monoisotopic (exact) mass is 368 g/mol. The van der Waals surface area contributed by atoms with Gasteiger partial charge in [0.1, 0.15) is 5.15 Å².